The first-order chi connectivity index (χ1) is 14.3. The van der Waals surface area contributed by atoms with Crippen molar-refractivity contribution < 1.29 is 22.4 Å². The van der Waals surface area contributed by atoms with Crippen LogP contribution < -0.4 is 5.32 Å². The van der Waals surface area contributed by atoms with Gasteiger partial charge in [-0.2, -0.15) is 18.3 Å². The Morgan fingerprint density at radius 3 is 2.43 bits per heavy atom. The Balaban J connectivity index is 1.62. The monoisotopic (exact) mass is 413 g/mol. The van der Waals surface area contributed by atoms with Gasteiger partial charge in [0.25, 0.3) is 5.91 Å². The van der Waals surface area contributed by atoms with Crippen molar-refractivity contribution in [3.8, 4) is 5.69 Å². The Morgan fingerprint density at radius 2 is 1.70 bits per heavy atom. The number of hydrogen-bond donors (Lipinski definition) is 1. The average Bonchev–Trinajstić information content (AvgIpc) is 3.16. The van der Waals surface area contributed by atoms with E-state index in [1.807, 2.05) is 0 Å². The Labute approximate surface area is 168 Å². The second-order valence-electron chi connectivity index (χ2n) is 6.61. The number of nitrogens with zero attached hydrogens (tertiary/aromatic N) is 2. The summed E-state index contributed by atoms with van der Waals surface area (Å²) in [6.07, 6.45) is -3.01. The maximum Gasteiger partial charge on any atom is 0.416 e. The molecule has 4 nitrogen and oxygen atoms in total. The molecule has 4 aromatic rings. The standard InChI is InChI=1S/C22H15F4N3O/c23-15-8-10-16(11-9-15)29-20-7-3-5-17(18(20)13-28-29)21(30)27-12-14-4-1-2-6-19(14)22(24,25)26/h1-11,13H,12H2,(H,27,30). The number of fused-ring (bicyclic) bond motifs is 1. The minimum absolute atomic E-state index is 0.0208. The van der Waals surface area contributed by atoms with Crippen LogP contribution in [0.15, 0.2) is 72.9 Å². The van der Waals surface area contributed by atoms with Crippen LogP contribution in [0.25, 0.3) is 16.6 Å². The fourth-order valence-electron chi connectivity index (χ4n) is 3.26. The number of rotatable bonds is 4. The third-order valence-electron chi connectivity index (χ3n) is 4.69. The molecule has 1 N–H and O–H groups in total. The van der Waals surface area contributed by atoms with Crippen LogP contribution in [0.2, 0.25) is 0 Å². The molecule has 0 spiro atoms. The van der Waals surface area contributed by atoms with Crippen molar-refractivity contribution in [2.75, 3.05) is 0 Å². The number of nitrogens with one attached hydrogen (secondary N) is 1. The number of halogens is 4. The van der Waals surface area contributed by atoms with Crippen LogP contribution in [0, 0.1) is 5.82 Å². The van der Waals surface area contributed by atoms with Gasteiger partial charge in [-0.25, -0.2) is 9.07 Å². The van der Waals surface area contributed by atoms with Crippen molar-refractivity contribution in [2.45, 2.75) is 12.7 Å². The first kappa shape index (κ1) is 19.6. The van der Waals surface area contributed by atoms with Gasteiger partial charge in [-0.05, 0) is 48.0 Å². The molecular weight excluding hydrogens is 398 g/mol. The minimum Gasteiger partial charge on any atom is -0.348 e. The molecule has 0 saturated carbocycles. The van der Waals surface area contributed by atoms with Gasteiger partial charge >= 0.3 is 6.18 Å². The molecule has 0 fully saturated rings. The molecule has 3 aromatic carbocycles. The Hall–Kier alpha value is -3.68. The predicted molar refractivity (Wildman–Crippen MR) is 104 cm³/mol. The number of hydrogen-bond acceptors (Lipinski definition) is 2. The minimum atomic E-state index is -4.50. The summed E-state index contributed by atoms with van der Waals surface area (Å²) < 4.78 is 54.2. The van der Waals surface area contributed by atoms with Crippen LogP contribution in [-0.2, 0) is 12.7 Å². The summed E-state index contributed by atoms with van der Waals surface area (Å²) in [6, 6.07) is 15.8. The van der Waals surface area contributed by atoms with E-state index in [1.165, 1.54) is 36.5 Å². The summed E-state index contributed by atoms with van der Waals surface area (Å²) in [5.74, 6) is -0.898. The van der Waals surface area contributed by atoms with Crippen molar-refractivity contribution in [1.82, 2.24) is 15.1 Å². The van der Waals surface area contributed by atoms with Crippen molar-refractivity contribution in [2.24, 2.45) is 0 Å². The van der Waals surface area contributed by atoms with E-state index in [-0.39, 0.29) is 23.5 Å². The second-order valence-corrected chi connectivity index (χ2v) is 6.61. The summed E-state index contributed by atoms with van der Waals surface area (Å²) in [4.78, 5) is 12.7. The molecule has 152 valence electrons. The van der Waals surface area contributed by atoms with Crippen molar-refractivity contribution in [3.63, 3.8) is 0 Å². The fourth-order valence-corrected chi connectivity index (χ4v) is 3.26. The molecule has 0 radical (unpaired) electrons. The molecule has 30 heavy (non-hydrogen) atoms. The highest BCUT2D eigenvalue weighted by atomic mass is 19.4. The lowest BCUT2D eigenvalue weighted by atomic mass is 10.1. The van der Waals surface area contributed by atoms with E-state index in [1.54, 1.807) is 35.0 Å². The van der Waals surface area contributed by atoms with E-state index in [9.17, 15) is 22.4 Å². The number of aromatic nitrogens is 2. The van der Waals surface area contributed by atoms with E-state index in [0.717, 1.165) is 6.07 Å². The third-order valence-corrected chi connectivity index (χ3v) is 4.69. The number of carbonyl (C=O) groups excluding carboxylic acids is 1. The van der Waals surface area contributed by atoms with Gasteiger partial charge in [0.1, 0.15) is 5.82 Å². The largest absolute Gasteiger partial charge is 0.416 e. The molecule has 1 amide bonds. The maximum atomic E-state index is 13.2. The Bertz CT molecular complexity index is 1210. The molecule has 1 heterocycles. The zero-order valence-electron chi connectivity index (χ0n) is 15.4. The molecular formula is C22H15F4N3O. The van der Waals surface area contributed by atoms with Crippen molar-refractivity contribution >= 4 is 16.8 Å². The van der Waals surface area contributed by atoms with E-state index in [0.29, 0.717) is 16.6 Å². The van der Waals surface area contributed by atoms with E-state index in [4.69, 9.17) is 0 Å². The lowest BCUT2D eigenvalue weighted by molar-refractivity contribution is -0.138. The molecule has 0 atom stereocenters. The number of amides is 1. The van der Waals surface area contributed by atoms with Crippen LogP contribution in [0.5, 0.6) is 0 Å². The van der Waals surface area contributed by atoms with Gasteiger partial charge in [0.2, 0.25) is 0 Å². The smallest absolute Gasteiger partial charge is 0.348 e. The first-order valence-corrected chi connectivity index (χ1v) is 9.00. The van der Waals surface area contributed by atoms with Gasteiger partial charge in [0.05, 0.1) is 28.5 Å². The number of benzene rings is 3. The second kappa shape index (κ2) is 7.62. The van der Waals surface area contributed by atoms with Crippen LogP contribution >= 0.6 is 0 Å². The molecule has 1 aromatic heterocycles. The van der Waals surface area contributed by atoms with Gasteiger partial charge in [-0.15, -0.1) is 0 Å². The summed E-state index contributed by atoms with van der Waals surface area (Å²) in [6.45, 7) is -0.267. The zero-order valence-corrected chi connectivity index (χ0v) is 15.4. The number of alkyl halides is 3. The molecule has 0 bridgehead atoms. The van der Waals surface area contributed by atoms with E-state index in [2.05, 4.69) is 10.4 Å². The van der Waals surface area contributed by atoms with Gasteiger partial charge in [-0.1, -0.05) is 24.3 Å². The van der Waals surface area contributed by atoms with Crippen LogP contribution in [0.3, 0.4) is 0 Å². The fraction of sp³-hybridized carbons (Fsp3) is 0.0909. The molecule has 0 saturated heterocycles. The van der Waals surface area contributed by atoms with Gasteiger partial charge < -0.3 is 5.32 Å². The molecule has 4 rings (SSSR count). The lowest BCUT2D eigenvalue weighted by Gasteiger charge is -2.13. The molecule has 0 unspecified atom stereocenters. The first-order valence-electron chi connectivity index (χ1n) is 9.00. The highest BCUT2D eigenvalue weighted by Crippen LogP contribution is 2.32. The molecule has 0 aliphatic rings. The topological polar surface area (TPSA) is 46.9 Å². The van der Waals surface area contributed by atoms with Gasteiger partial charge in [-0.3, -0.25) is 4.79 Å². The normalized spacial score (nSPS) is 11.6. The lowest BCUT2D eigenvalue weighted by Crippen LogP contribution is -2.24. The van der Waals surface area contributed by atoms with Crippen LogP contribution in [0.1, 0.15) is 21.5 Å². The highest BCUT2D eigenvalue weighted by Gasteiger charge is 2.32. The summed E-state index contributed by atoms with van der Waals surface area (Å²) in [7, 11) is 0. The predicted octanol–water partition coefficient (Wildman–Crippen LogP) is 5.11. The zero-order chi connectivity index (χ0) is 21.3. The Morgan fingerprint density at radius 1 is 0.967 bits per heavy atom. The van der Waals surface area contributed by atoms with Crippen molar-refractivity contribution in [3.05, 3.63) is 95.4 Å². The number of carbonyl (C=O) groups is 1. The highest BCUT2D eigenvalue weighted by molar-refractivity contribution is 6.06. The van der Waals surface area contributed by atoms with Gasteiger partial charge in [0.15, 0.2) is 0 Å². The molecule has 8 heteroatoms. The van der Waals surface area contributed by atoms with Crippen LogP contribution in [0.4, 0.5) is 17.6 Å². The maximum absolute atomic E-state index is 13.2. The molecule has 0 aliphatic carbocycles. The van der Waals surface area contributed by atoms with Crippen LogP contribution in [-0.4, -0.2) is 15.7 Å². The average molecular weight is 413 g/mol. The van der Waals surface area contributed by atoms with E-state index < -0.39 is 17.6 Å². The summed E-state index contributed by atoms with van der Waals surface area (Å²) in [5, 5.41) is 7.35. The van der Waals surface area contributed by atoms with E-state index >= 15 is 0 Å². The molecule has 0 aliphatic heterocycles. The SMILES string of the molecule is O=C(NCc1ccccc1C(F)(F)F)c1cccc2c1cnn2-c1ccc(F)cc1. The van der Waals surface area contributed by atoms with Gasteiger partial charge in [0, 0.05) is 11.9 Å². The summed E-state index contributed by atoms with van der Waals surface area (Å²) in [5.41, 5.74) is 0.707. The quantitative estimate of drug-likeness (QED) is 0.473. The summed E-state index contributed by atoms with van der Waals surface area (Å²) >= 11 is 0. The van der Waals surface area contributed by atoms with Crippen molar-refractivity contribution in [1.29, 1.82) is 0 Å². The Kier molecular flexibility index (Phi) is 4.99. The third kappa shape index (κ3) is 3.76.